The van der Waals surface area contributed by atoms with Gasteiger partial charge in [-0.1, -0.05) is 19.9 Å². The first-order valence-electron chi connectivity index (χ1n) is 7.03. The Labute approximate surface area is 120 Å². The highest BCUT2D eigenvalue weighted by atomic mass is 16.5. The molecule has 1 aromatic carbocycles. The second-order valence-corrected chi connectivity index (χ2v) is 5.09. The van der Waals surface area contributed by atoms with Crippen LogP contribution in [0.4, 0.5) is 0 Å². The van der Waals surface area contributed by atoms with Gasteiger partial charge in [0.2, 0.25) is 5.75 Å². The van der Waals surface area contributed by atoms with E-state index in [-0.39, 0.29) is 11.5 Å². The molecule has 0 N–H and O–H groups in total. The lowest BCUT2D eigenvalue weighted by molar-refractivity contribution is -0.153. The largest absolute Gasteiger partial charge is 0.493 e. The van der Waals surface area contributed by atoms with Gasteiger partial charge in [-0.25, -0.2) is 0 Å². The number of benzene rings is 1. The summed E-state index contributed by atoms with van der Waals surface area (Å²) in [5, 5.41) is 0. The number of carbonyl (C=O) groups is 1. The fraction of sp³-hybridized carbons (Fsp3) is 0.562. The van der Waals surface area contributed by atoms with Crippen LogP contribution in [0.15, 0.2) is 18.2 Å². The summed E-state index contributed by atoms with van der Waals surface area (Å²) in [6.07, 6.45) is 1.95. The summed E-state index contributed by atoms with van der Waals surface area (Å²) in [6, 6.07) is 5.51. The molecule has 0 bridgehead atoms. The third kappa shape index (κ3) is 2.13. The molecule has 1 aliphatic rings. The molecule has 0 radical (unpaired) electrons. The lowest BCUT2D eigenvalue weighted by atomic mass is 9.61. The van der Waals surface area contributed by atoms with Crippen molar-refractivity contribution >= 4 is 5.78 Å². The van der Waals surface area contributed by atoms with Crippen LogP contribution in [0.5, 0.6) is 17.2 Å². The van der Waals surface area contributed by atoms with E-state index in [2.05, 4.69) is 0 Å². The first-order chi connectivity index (χ1) is 9.62. The van der Waals surface area contributed by atoms with Crippen molar-refractivity contribution in [2.45, 2.75) is 39.2 Å². The van der Waals surface area contributed by atoms with Gasteiger partial charge in [0.15, 0.2) is 11.5 Å². The molecule has 1 aliphatic carbocycles. The summed E-state index contributed by atoms with van der Waals surface area (Å²) < 4.78 is 16.8. The highest BCUT2D eigenvalue weighted by Gasteiger charge is 2.54. The summed E-state index contributed by atoms with van der Waals surface area (Å²) in [7, 11) is 3.20. The van der Waals surface area contributed by atoms with Crippen LogP contribution in [0.2, 0.25) is 0 Å². The molecule has 0 amide bonds. The van der Waals surface area contributed by atoms with Gasteiger partial charge in [-0.15, -0.1) is 0 Å². The molecule has 0 saturated heterocycles. The second-order valence-electron chi connectivity index (χ2n) is 5.09. The molecule has 20 heavy (non-hydrogen) atoms. The first kappa shape index (κ1) is 14.7. The summed E-state index contributed by atoms with van der Waals surface area (Å²) >= 11 is 0. The molecular formula is C16H22O4. The van der Waals surface area contributed by atoms with Crippen molar-refractivity contribution in [2.75, 3.05) is 14.2 Å². The number of carbonyl (C=O) groups excluding carboxylic acids is 1. The second kappa shape index (κ2) is 5.73. The highest BCUT2D eigenvalue weighted by Crippen LogP contribution is 2.48. The third-order valence-electron chi connectivity index (χ3n) is 4.45. The van der Waals surface area contributed by atoms with Gasteiger partial charge >= 0.3 is 0 Å². The van der Waals surface area contributed by atoms with Crippen molar-refractivity contribution in [3.05, 3.63) is 18.2 Å². The highest BCUT2D eigenvalue weighted by molar-refractivity contribution is 5.92. The number of rotatable bonds is 6. The van der Waals surface area contributed by atoms with Crippen molar-refractivity contribution in [1.82, 2.24) is 0 Å². The minimum atomic E-state index is -0.355. The zero-order valence-electron chi connectivity index (χ0n) is 12.6. The standard InChI is InChI=1S/C16H22O4/c1-5-16(6-2)13(17)10-14(16)20-15-11(18-3)8-7-9-12(15)19-4/h7-9,14H,5-6,10H2,1-4H3. The van der Waals surface area contributed by atoms with E-state index in [0.717, 1.165) is 12.8 Å². The molecule has 1 fully saturated rings. The molecule has 1 saturated carbocycles. The van der Waals surface area contributed by atoms with E-state index in [1.165, 1.54) is 0 Å². The Bertz CT molecular complexity index is 469. The van der Waals surface area contributed by atoms with Crippen molar-refractivity contribution in [3.63, 3.8) is 0 Å². The Hall–Kier alpha value is -1.71. The molecule has 0 heterocycles. The monoisotopic (exact) mass is 278 g/mol. The maximum Gasteiger partial charge on any atom is 0.203 e. The summed E-state index contributed by atoms with van der Waals surface area (Å²) in [6.45, 7) is 4.08. The van der Waals surface area contributed by atoms with Crippen LogP contribution in [0.25, 0.3) is 0 Å². The molecule has 1 aromatic rings. The van der Waals surface area contributed by atoms with Crippen LogP contribution in [0.3, 0.4) is 0 Å². The van der Waals surface area contributed by atoms with E-state index in [9.17, 15) is 4.79 Å². The number of ether oxygens (including phenoxy) is 3. The van der Waals surface area contributed by atoms with E-state index in [4.69, 9.17) is 14.2 Å². The Kier molecular flexibility index (Phi) is 4.21. The average Bonchev–Trinajstić information content (AvgIpc) is 2.48. The molecule has 0 aliphatic heterocycles. The predicted octanol–water partition coefficient (Wildman–Crippen LogP) is 3.23. The number of hydrogen-bond acceptors (Lipinski definition) is 4. The molecule has 2 rings (SSSR count). The van der Waals surface area contributed by atoms with Crippen LogP contribution in [0, 0.1) is 5.41 Å². The Morgan fingerprint density at radius 2 is 1.70 bits per heavy atom. The van der Waals surface area contributed by atoms with E-state index in [0.29, 0.717) is 29.5 Å². The van der Waals surface area contributed by atoms with Gasteiger partial charge in [-0.2, -0.15) is 0 Å². The molecule has 4 heteroatoms. The van der Waals surface area contributed by atoms with Crippen molar-refractivity contribution in [1.29, 1.82) is 0 Å². The maximum atomic E-state index is 12.0. The molecular weight excluding hydrogens is 256 g/mol. The quantitative estimate of drug-likeness (QED) is 0.801. The van der Waals surface area contributed by atoms with Crippen LogP contribution in [0.1, 0.15) is 33.1 Å². The summed E-state index contributed by atoms with van der Waals surface area (Å²) in [5.74, 6) is 2.14. The molecule has 1 unspecified atom stereocenters. The van der Waals surface area contributed by atoms with Gasteiger partial charge in [0.25, 0.3) is 0 Å². The SMILES string of the molecule is CCC1(CC)C(=O)CC1Oc1c(OC)cccc1OC. The number of Topliss-reactive ketones (excluding diaryl/α,β-unsaturated/α-hetero) is 1. The van der Waals surface area contributed by atoms with E-state index in [1.54, 1.807) is 14.2 Å². The van der Waals surface area contributed by atoms with Crippen molar-refractivity contribution in [3.8, 4) is 17.2 Å². The van der Waals surface area contributed by atoms with Gasteiger partial charge < -0.3 is 14.2 Å². The van der Waals surface area contributed by atoms with Gasteiger partial charge in [-0.3, -0.25) is 4.79 Å². The minimum absolute atomic E-state index is 0.102. The van der Waals surface area contributed by atoms with Gasteiger partial charge in [-0.05, 0) is 25.0 Å². The van der Waals surface area contributed by atoms with Crippen molar-refractivity contribution in [2.24, 2.45) is 5.41 Å². The van der Waals surface area contributed by atoms with E-state index >= 15 is 0 Å². The molecule has 0 aromatic heterocycles. The number of para-hydroxylation sites is 1. The number of hydrogen-bond donors (Lipinski definition) is 0. The fourth-order valence-electron chi connectivity index (χ4n) is 2.95. The lowest BCUT2D eigenvalue weighted by Gasteiger charge is -2.46. The third-order valence-corrected chi connectivity index (χ3v) is 4.45. The molecule has 1 atom stereocenters. The predicted molar refractivity (Wildman–Crippen MR) is 76.6 cm³/mol. The van der Waals surface area contributed by atoms with Gasteiger partial charge in [0.05, 0.1) is 19.6 Å². The Morgan fingerprint density at radius 3 is 2.10 bits per heavy atom. The molecule has 4 nitrogen and oxygen atoms in total. The lowest BCUT2D eigenvalue weighted by Crippen LogP contribution is -2.56. The summed E-state index contributed by atoms with van der Waals surface area (Å²) in [5.41, 5.74) is -0.355. The van der Waals surface area contributed by atoms with Gasteiger partial charge in [0, 0.05) is 6.42 Å². The van der Waals surface area contributed by atoms with Crippen LogP contribution >= 0.6 is 0 Å². The molecule has 0 spiro atoms. The zero-order chi connectivity index (χ0) is 14.8. The normalized spacial score (nSPS) is 20.2. The van der Waals surface area contributed by atoms with Crippen molar-refractivity contribution < 1.29 is 19.0 Å². The van der Waals surface area contributed by atoms with E-state index < -0.39 is 0 Å². The number of ketones is 1. The number of methoxy groups -OCH3 is 2. The Balaban J connectivity index is 2.29. The van der Waals surface area contributed by atoms with Gasteiger partial charge in [0.1, 0.15) is 11.9 Å². The summed E-state index contributed by atoms with van der Waals surface area (Å²) in [4.78, 5) is 12.0. The molecule has 110 valence electrons. The smallest absolute Gasteiger partial charge is 0.203 e. The maximum absolute atomic E-state index is 12.0. The average molecular weight is 278 g/mol. The minimum Gasteiger partial charge on any atom is -0.493 e. The van der Waals surface area contributed by atoms with Crippen LogP contribution in [-0.4, -0.2) is 26.1 Å². The fourth-order valence-corrected chi connectivity index (χ4v) is 2.95. The van der Waals surface area contributed by atoms with E-state index in [1.807, 2.05) is 32.0 Å². The van der Waals surface area contributed by atoms with Crippen LogP contribution < -0.4 is 14.2 Å². The Morgan fingerprint density at radius 1 is 1.15 bits per heavy atom. The zero-order valence-corrected chi connectivity index (χ0v) is 12.6. The van der Waals surface area contributed by atoms with Crippen LogP contribution in [-0.2, 0) is 4.79 Å². The first-order valence-corrected chi connectivity index (χ1v) is 7.03. The topological polar surface area (TPSA) is 44.8 Å².